The summed E-state index contributed by atoms with van der Waals surface area (Å²) in [6, 6.07) is -0.194. The van der Waals surface area contributed by atoms with Crippen LogP contribution in [0, 0.1) is 5.92 Å². The van der Waals surface area contributed by atoms with E-state index in [2.05, 4.69) is 24.5 Å². The number of aliphatic hydroxyl groups excluding tert-OH is 1. The molecule has 1 aliphatic heterocycles. The van der Waals surface area contributed by atoms with E-state index >= 15 is 0 Å². The molecule has 0 aromatic carbocycles. The maximum Gasteiger partial charge on any atom is 0.237 e. The smallest absolute Gasteiger partial charge is 0.237 e. The molecule has 0 radical (unpaired) electrons. The van der Waals surface area contributed by atoms with Gasteiger partial charge < -0.3 is 15.7 Å². The molecule has 0 spiro atoms. The van der Waals surface area contributed by atoms with Crippen molar-refractivity contribution in [2.45, 2.75) is 64.5 Å². The molecule has 1 rings (SSSR count). The molecule has 3 N–H and O–H groups in total. The highest BCUT2D eigenvalue weighted by atomic mass is 35.5. The number of halogens is 1. The van der Waals surface area contributed by atoms with E-state index in [9.17, 15) is 9.90 Å². The van der Waals surface area contributed by atoms with Crippen molar-refractivity contribution in [3.8, 4) is 0 Å². The van der Waals surface area contributed by atoms with Gasteiger partial charge in [0.15, 0.2) is 0 Å². The maximum absolute atomic E-state index is 11.7. The Morgan fingerprint density at radius 1 is 1.32 bits per heavy atom. The van der Waals surface area contributed by atoms with Gasteiger partial charge in [-0.05, 0) is 18.8 Å². The Labute approximate surface area is 123 Å². The van der Waals surface area contributed by atoms with Gasteiger partial charge in [0.2, 0.25) is 5.91 Å². The van der Waals surface area contributed by atoms with Gasteiger partial charge in [-0.25, -0.2) is 0 Å². The Morgan fingerprint density at radius 2 is 2.00 bits per heavy atom. The monoisotopic (exact) mass is 292 g/mol. The lowest BCUT2D eigenvalue weighted by atomic mass is 10.0. The van der Waals surface area contributed by atoms with E-state index in [1.807, 2.05) is 0 Å². The second-order valence-corrected chi connectivity index (χ2v) is 5.74. The third-order valence-corrected chi connectivity index (χ3v) is 3.43. The molecule has 0 aliphatic carbocycles. The van der Waals surface area contributed by atoms with E-state index < -0.39 is 0 Å². The van der Waals surface area contributed by atoms with Crippen molar-refractivity contribution in [1.29, 1.82) is 0 Å². The van der Waals surface area contributed by atoms with E-state index in [4.69, 9.17) is 0 Å². The van der Waals surface area contributed by atoms with Gasteiger partial charge in [0.05, 0.1) is 12.1 Å². The lowest BCUT2D eigenvalue weighted by molar-refractivity contribution is -0.122. The lowest BCUT2D eigenvalue weighted by Gasteiger charge is -2.10. The topological polar surface area (TPSA) is 61.4 Å². The molecule has 1 amide bonds. The number of hydrogen-bond donors (Lipinski definition) is 3. The molecule has 114 valence electrons. The fourth-order valence-electron chi connectivity index (χ4n) is 2.28. The molecule has 1 aliphatic rings. The Kier molecular flexibility index (Phi) is 10.3. The zero-order chi connectivity index (χ0) is 13.4. The molecule has 2 atom stereocenters. The van der Waals surface area contributed by atoms with Crippen LogP contribution in [-0.4, -0.2) is 36.2 Å². The van der Waals surface area contributed by atoms with Crippen molar-refractivity contribution in [3.63, 3.8) is 0 Å². The number of nitrogens with one attached hydrogen (secondary N) is 2. The molecule has 5 heteroatoms. The van der Waals surface area contributed by atoms with Crippen molar-refractivity contribution in [3.05, 3.63) is 0 Å². The highest BCUT2D eigenvalue weighted by molar-refractivity contribution is 5.85. The highest BCUT2D eigenvalue weighted by Gasteiger charge is 2.27. The molecule has 1 heterocycles. The van der Waals surface area contributed by atoms with E-state index in [0.29, 0.717) is 13.0 Å². The number of amides is 1. The van der Waals surface area contributed by atoms with Crippen LogP contribution in [0.5, 0.6) is 0 Å². The number of aliphatic hydroxyl groups is 1. The normalized spacial score (nSPS) is 22.3. The lowest BCUT2D eigenvalue weighted by Crippen LogP contribution is -2.40. The zero-order valence-electron chi connectivity index (χ0n) is 12.2. The third-order valence-electron chi connectivity index (χ3n) is 3.43. The Balaban J connectivity index is 0.00000324. The summed E-state index contributed by atoms with van der Waals surface area (Å²) in [6.07, 6.45) is 6.27. The van der Waals surface area contributed by atoms with Crippen molar-refractivity contribution < 1.29 is 9.90 Å². The minimum atomic E-state index is -0.364. The molecule has 0 aromatic heterocycles. The maximum atomic E-state index is 11.7. The Morgan fingerprint density at radius 3 is 2.58 bits per heavy atom. The molecule has 4 nitrogen and oxygen atoms in total. The van der Waals surface area contributed by atoms with E-state index in [1.54, 1.807) is 0 Å². The summed E-state index contributed by atoms with van der Waals surface area (Å²) in [5.41, 5.74) is 0. The first-order chi connectivity index (χ1) is 8.59. The average molecular weight is 293 g/mol. The van der Waals surface area contributed by atoms with Crippen LogP contribution in [-0.2, 0) is 4.79 Å². The van der Waals surface area contributed by atoms with Gasteiger partial charge in [0.25, 0.3) is 0 Å². The number of β-amino-alcohol motifs (C(OH)–C–C–N with tert-alkyl or cyclic N) is 1. The fourth-order valence-corrected chi connectivity index (χ4v) is 2.28. The highest BCUT2D eigenvalue weighted by Crippen LogP contribution is 2.09. The Bertz CT molecular complexity index is 250. The van der Waals surface area contributed by atoms with Crippen molar-refractivity contribution in [1.82, 2.24) is 10.6 Å². The zero-order valence-corrected chi connectivity index (χ0v) is 13.0. The third kappa shape index (κ3) is 8.45. The summed E-state index contributed by atoms with van der Waals surface area (Å²) in [7, 11) is 0. The minimum Gasteiger partial charge on any atom is -0.392 e. The number of hydrogen-bond acceptors (Lipinski definition) is 3. The molecule has 2 unspecified atom stereocenters. The van der Waals surface area contributed by atoms with Crippen LogP contribution in [0.1, 0.15) is 52.4 Å². The predicted molar refractivity (Wildman–Crippen MR) is 80.6 cm³/mol. The summed E-state index contributed by atoms with van der Waals surface area (Å²) in [6.45, 7) is 5.80. The number of carbonyl (C=O) groups is 1. The van der Waals surface area contributed by atoms with Crippen LogP contribution in [0.3, 0.4) is 0 Å². The standard InChI is InChI=1S/C14H28N2O2.ClH/c1-11(2)7-5-3-4-6-8-15-14(18)13-9-12(17)10-16-13;/h11-13,16-17H,3-10H2,1-2H3,(H,15,18);1H. The predicted octanol–water partition coefficient (Wildman–Crippen LogP) is 1.85. The fraction of sp³-hybridized carbons (Fsp3) is 0.929. The molecule has 1 saturated heterocycles. The van der Waals surface area contributed by atoms with Crippen LogP contribution < -0.4 is 10.6 Å². The summed E-state index contributed by atoms with van der Waals surface area (Å²) in [5.74, 6) is 0.832. The number of carbonyl (C=O) groups excluding carboxylic acids is 1. The van der Waals surface area contributed by atoms with Gasteiger partial charge in [0.1, 0.15) is 0 Å². The molecule has 1 fully saturated rings. The second-order valence-electron chi connectivity index (χ2n) is 5.74. The van der Waals surface area contributed by atoms with E-state index in [-0.39, 0.29) is 30.5 Å². The first kappa shape index (κ1) is 18.7. The molecule has 19 heavy (non-hydrogen) atoms. The molecule has 0 saturated carbocycles. The van der Waals surface area contributed by atoms with Gasteiger partial charge in [0, 0.05) is 13.1 Å². The van der Waals surface area contributed by atoms with Crippen LogP contribution in [0.25, 0.3) is 0 Å². The molecule has 0 aromatic rings. The summed E-state index contributed by atoms with van der Waals surface area (Å²) < 4.78 is 0. The largest absolute Gasteiger partial charge is 0.392 e. The average Bonchev–Trinajstić information content (AvgIpc) is 2.74. The van der Waals surface area contributed by atoms with Gasteiger partial charge in [-0.15, -0.1) is 12.4 Å². The van der Waals surface area contributed by atoms with Crippen LogP contribution >= 0.6 is 12.4 Å². The first-order valence-corrected chi connectivity index (χ1v) is 7.28. The van der Waals surface area contributed by atoms with Gasteiger partial charge >= 0.3 is 0 Å². The van der Waals surface area contributed by atoms with E-state index in [1.165, 1.54) is 25.7 Å². The van der Waals surface area contributed by atoms with Crippen molar-refractivity contribution in [2.24, 2.45) is 5.92 Å². The summed E-state index contributed by atoms with van der Waals surface area (Å²) in [5, 5.41) is 15.3. The molecular formula is C14H29ClN2O2. The van der Waals surface area contributed by atoms with Gasteiger partial charge in [-0.3, -0.25) is 4.79 Å². The SMILES string of the molecule is CC(C)CCCCCCNC(=O)C1CC(O)CN1.Cl. The Hall–Kier alpha value is -0.320. The number of rotatable bonds is 8. The van der Waals surface area contributed by atoms with E-state index in [0.717, 1.165) is 18.9 Å². The summed E-state index contributed by atoms with van der Waals surface area (Å²) >= 11 is 0. The molecule has 0 bridgehead atoms. The first-order valence-electron chi connectivity index (χ1n) is 7.28. The second kappa shape index (κ2) is 10.5. The van der Waals surface area contributed by atoms with Crippen LogP contribution in [0.4, 0.5) is 0 Å². The quantitative estimate of drug-likeness (QED) is 0.599. The van der Waals surface area contributed by atoms with Crippen molar-refractivity contribution >= 4 is 18.3 Å². The van der Waals surface area contributed by atoms with Gasteiger partial charge in [-0.1, -0.05) is 39.5 Å². The summed E-state index contributed by atoms with van der Waals surface area (Å²) in [4.78, 5) is 11.7. The number of unbranched alkanes of at least 4 members (excludes halogenated alkanes) is 3. The van der Waals surface area contributed by atoms with Crippen LogP contribution in [0.15, 0.2) is 0 Å². The van der Waals surface area contributed by atoms with Crippen molar-refractivity contribution in [2.75, 3.05) is 13.1 Å². The molecular weight excluding hydrogens is 264 g/mol. The minimum absolute atomic E-state index is 0. The van der Waals surface area contributed by atoms with Gasteiger partial charge in [-0.2, -0.15) is 0 Å². The van der Waals surface area contributed by atoms with Crippen LogP contribution in [0.2, 0.25) is 0 Å².